The van der Waals surface area contributed by atoms with Crippen LogP contribution < -0.4 is 16.3 Å². The largest absolute Gasteiger partial charge is 0.351 e. The highest BCUT2D eigenvalue weighted by atomic mass is 16.2. The first kappa shape index (κ1) is 16.0. The average molecular weight is 301 g/mol. The van der Waals surface area contributed by atoms with Crippen molar-refractivity contribution in [2.24, 2.45) is 5.84 Å². The lowest BCUT2D eigenvalue weighted by atomic mass is 9.87. The Morgan fingerprint density at radius 1 is 1.27 bits per heavy atom. The van der Waals surface area contributed by atoms with Crippen molar-refractivity contribution in [2.75, 3.05) is 5.01 Å². The summed E-state index contributed by atoms with van der Waals surface area (Å²) in [5.74, 6) is 4.78. The third-order valence-electron chi connectivity index (χ3n) is 3.78. The monoisotopic (exact) mass is 301 g/mol. The van der Waals surface area contributed by atoms with Crippen molar-refractivity contribution in [1.82, 2.24) is 10.4 Å². The molecule has 1 saturated heterocycles. The van der Waals surface area contributed by atoms with Gasteiger partial charge in [-0.05, 0) is 30.0 Å². The van der Waals surface area contributed by atoms with Gasteiger partial charge >= 0.3 is 6.03 Å². The summed E-state index contributed by atoms with van der Waals surface area (Å²) < 4.78 is 0. The van der Waals surface area contributed by atoms with Gasteiger partial charge in [-0.1, -0.05) is 39.5 Å². The molecular formula is C16H21N4O2. The molecule has 1 radical (unpaired) electrons. The molecular weight excluding hydrogens is 280 g/mol. The number of benzene rings is 1. The smallest absolute Gasteiger partial charge is 0.274 e. The number of hydrogen-bond donors (Lipinski definition) is 2. The van der Waals surface area contributed by atoms with Crippen LogP contribution in [0.5, 0.6) is 0 Å². The highest BCUT2D eigenvalue weighted by Gasteiger charge is 2.42. The molecule has 22 heavy (non-hydrogen) atoms. The summed E-state index contributed by atoms with van der Waals surface area (Å²) >= 11 is 0. The van der Waals surface area contributed by atoms with Crippen molar-refractivity contribution in [3.05, 3.63) is 42.0 Å². The summed E-state index contributed by atoms with van der Waals surface area (Å²) in [5, 5.41) is 2.46. The number of urea groups is 1. The van der Waals surface area contributed by atoms with Gasteiger partial charge in [0.25, 0.3) is 5.91 Å². The molecule has 1 unspecified atom stereocenters. The lowest BCUT2D eigenvalue weighted by molar-refractivity contribution is -0.115. The van der Waals surface area contributed by atoms with Crippen LogP contribution in [-0.2, 0) is 10.2 Å². The summed E-state index contributed by atoms with van der Waals surface area (Å²) in [7, 11) is 0. The van der Waals surface area contributed by atoms with Crippen LogP contribution in [0, 0.1) is 6.58 Å². The maximum atomic E-state index is 12.3. The van der Waals surface area contributed by atoms with E-state index in [1.165, 1.54) is 10.0 Å². The van der Waals surface area contributed by atoms with Gasteiger partial charge in [-0.25, -0.2) is 20.7 Å². The van der Waals surface area contributed by atoms with Crippen LogP contribution in [0.2, 0.25) is 0 Å². The number of hydrazine groups is 2. The van der Waals surface area contributed by atoms with Gasteiger partial charge in [-0.3, -0.25) is 10.2 Å². The summed E-state index contributed by atoms with van der Waals surface area (Å²) in [4.78, 5) is 24.3. The number of rotatable bonds is 1. The molecule has 0 aliphatic carbocycles. The molecule has 1 atom stereocenters. The fourth-order valence-corrected chi connectivity index (χ4v) is 2.38. The number of hydrogen-bond acceptors (Lipinski definition) is 3. The van der Waals surface area contributed by atoms with Gasteiger partial charge in [0.2, 0.25) is 0 Å². The molecule has 6 heteroatoms. The quantitative estimate of drug-likeness (QED) is 0.360. The summed E-state index contributed by atoms with van der Waals surface area (Å²) in [5.41, 5.74) is 3.83. The number of nitrogens with zero attached hydrogens (tertiary/aromatic N) is 2. The Labute approximate surface area is 130 Å². The maximum Gasteiger partial charge on any atom is 0.351 e. The molecule has 3 N–H and O–H groups in total. The van der Waals surface area contributed by atoms with Gasteiger partial charge in [0, 0.05) is 5.57 Å². The van der Waals surface area contributed by atoms with E-state index in [9.17, 15) is 9.59 Å². The minimum Gasteiger partial charge on any atom is -0.274 e. The van der Waals surface area contributed by atoms with E-state index < -0.39 is 18.0 Å². The van der Waals surface area contributed by atoms with Gasteiger partial charge in [0.05, 0.1) is 11.7 Å². The Kier molecular flexibility index (Phi) is 3.98. The van der Waals surface area contributed by atoms with E-state index in [4.69, 9.17) is 12.4 Å². The van der Waals surface area contributed by atoms with Gasteiger partial charge in [-0.15, -0.1) is 0 Å². The van der Waals surface area contributed by atoms with Crippen molar-refractivity contribution < 1.29 is 9.59 Å². The summed E-state index contributed by atoms with van der Waals surface area (Å²) in [6, 6.07) is 6.29. The minimum atomic E-state index is -0.596. The van der Waals surface area contributed by atoms with Crippen molar-refractivity contribution >= 4 is 17.6 Å². The average Bonchev–Trinajstić information content (AvgIpc) is 2.70. The SMILES string of the molecule is [CH]=C1C(=O)N(c2ccc(C(C)(C)C)cc2)N(C(=O)NN)C1C. The zero-order valence-electron chi connectivity index (χ0n) is 13.3. The van der Waals surface area contributed by atoms with E-state index in [1.54, 1.807) is 19.1 Å². The highest BCUT2D eigenvalue weighted by molar-refractivity contribution is 6.10. The van der Waals surface area contributed by atoms with Crippen LogP contribution in [-0.4, -0.2) is 23.0 Å². The van der Waals surface area contributed by atoms with E-state index >= 15 is 0 Å². The topological polar surface area (TPSA) is 78.7 Å². The standard InChI is InChI=1S/C16H21N4O2/c1-10-11(2)19(15(22)18-17)20(14(10)21)13-8-6-12(7-9-13)16(3,4)5/h1,6-9,11H,17H2,2-5H3,(H,18,22). The number of anilines is 1. The first-order valence-corrected chi connectivity index (χ1v) is 7.05. The number of nitrogens with two attached hydrogens (primary N) is 1. The zero-order valence-corrected chi connectivity index (χ0v) is 13.3. The third kappa shape index (κ3) is 2.57. The first-order chi connectivity index (χ1) is 10.2. The molecule has 0 bridgehead atoms. The lowest BCUT2D eigenvalue weighted by Gasteiger charge is -2.30. The Hall–Kier alpha value is -2.34. The third-order valence-corrected chi connectivity index (χ3v) is 3.78. The Bertz CT molecular complexity index is 616. The molecule has 0 aromatic heterocycles. The molecule has 3 amide bonds. The Balaban J connectivity index is 2.42. The zero-order chi connectivity index (χ0) is 16.7. The van der Waals surface area contributed by atoms with Gasteiger partial charge in [0.1, 0.15) is 0 Å². The molecule has 1 aliphatic heterocycles. The van der Waals surface area contributed by atoms with Gasteiger partial charge < -0.3 is 0 Å². The van der Waals surface area contributed by atoms with Crippen molar-refractivity contribution in [2.45, 2.75) is 39.2 Å². The van der Waals surface area contributed by atoms with E-state index in [2.05, 4.69) is 20.8 Å². The minimum absolute atomic E-state index is 0.000311. The molecule has 6 nitrogen and oxygen atoms in total. The van der Waals surface area contributed by atoms with Crippen LogP contribution in [0.1, 0.15) is 33.3 Å². The maximum absolute atomic E-state index is 12.3. The number of amides is 3. The van der Waals surface area contributed by atoms with Crippen LogP contribution in [0.15, 0.2) is 29.8 Å². The Morgan fingerprint density at radius 2 is 1.82 bits per heavy atom. The van der Waals surface area contributed by atoms with E-state index in [1.807, 2.05) is 17.6 Å². The van der Waals surface area contributed by atoms with E-state index in [0.29, 0.717) is 5.69 Å². The van der Waals surface area contributed by atoms with Crippen LogP contribution in [0.25, 0.3) is 0 Å². The first-order valence-electron chi connectivity index (χ1n) is 7.05. The predicted octanol–water partition coefficient (Wildman–Crippen LogP) is 1.88. The van der Waals surface area contributed by atoms with E-state index in [0.717, 1.165) is 5.56 Å². The Morgan fingerprint density at radius 3 is 2.27 bits per heavy atom. The summed E-state index contributed by atoms with van der Waals surface area (Å²) in [6.45, 7) is 13.8. The van der Waals surface area contributed by atoms with Crippen molar-refractivity contribution in [3.63, 3.8) is 0 Å². The highest BCUT2D eigenvalue weighted by Crippen LogP contribution is 2.31. The predicted molar refractivity (Wildman–Crippen MR) is 84.5 cm³/mol. The molecule has 1 aromatic carbocycles. The summed E-state index contributed by atoms with van der Waals surface area (Å²) in [6.07, 6.45) is 0. The van der Waals surface area contributed by atoms with E-state index in [-0.39, 0.29) is 11.0 Å². The van der Waals surface area contributed by atoms with Crippen LogP contribution >= 0.6 is 0 Å². The molecule has 1 aromatic rings. The molecule has 0 saturated carbocycles. The fraction of sp³-hybridized carbons (Fsp3) is 0.375. The van der Waals surface area contributed by atoms with Crippen LogP contribution in [0.3, 0.4) is 0 Å². The molecule has 0 spiro atoms. The molecule has 2 rings (SSSR count). The second-order valence-corrected chi connectivity index (χ2v) is 6.34. The lowest BCUT2D eigenvalue weighted by Crippen LogP contribution is -2.52. The molecule has 1 fully saturated rings. The number of carbonyl (C=O) groups is 2. The second-order valence-electron chi connectivity index (χ2n) is 6.34. The van der Waals surface area contributed by atoms with Gasteiger partial charge in [-0.2, -0.15) is 0 Å². The molecule has 1 aliphatic rings. The van der Waals surface area contributed by atoms with Crippen molar-refractivity contribution in [3.8, 4) is 0 Å². The van der Waals surface area contributed by atoms with Crippen LogP contribution in [0.4, 0.5) is 10.5 Å². The molecule has 1 heterocycles. The second kappa shape index (κ2) is 5.46. The van der Waals surface area contributed by atoms with Gasteiger partial charge in [0.15, 0.2) is 0 Å². The number of carbonyl (C=O) groups excluding carboxylic acids is 2. The van der Waals surface area contributed by atoms with Crippen molar-refractivity contribution in [1.29, 1.82) is 0 Å². The number of nitrogens with one attached hydrogen (secondary N) is 1. The molecule has 117 valence electrons. The normalized spacial score (nSPS) is 18.9. The fourth-order valence-electron chi connectivity index (χ4n) is 2.38.